The van der Waals surface area contributed by atoms with Crippen molar-refractivity contribution < 1.29 is 22.7 Å². The molecule has 0 aromatic heterocycles. The number of carbonyl (C=O) groups excluding carboxylic acids is 1. The van der Waals surface area contributed by atoms with Gasteiger partial charge in [-0.05, 0) is 41.7 Å². The van der Waals surface area contributed by atoms with Gasteiger partial charge < -0.3 is 9.47 Å². The summed E-state index contributed by atoms with van der Waals surface area (Å²) in [6.07, 6.45) is 0.561. The van der Waals surface area contributed by atoms with Crippen molar-refractivity contribution in [2.24, 2.45) is 0 Å². The maximum Gasteiger partial charge on any atom is 0.414 e. The van der Waals surface area contributed by atoms with E-state index in [0.29, 0.717) is 18.0 Å². The summed E-state index contributed by atoms with van der Waals surface area (Å²) < 4.78 is 35.9. The second kappa shape index (κ2) is 11.6. The van der Waals surface area contributed by atoms with Crippen molar-refractivity contribution in [1.82, 2.24) is 0 Å². The third kappa shape index (κ3) is 7.85. The second-order valence-electron chi connectivity index (χ2n) is 10.1. The average Bonchev–Trinajstić information content (AvgIpc) is 2.81. The second-order valence-corrected chi connectivity index (χ2v) is 12.2. The lowest BCUT2D eigenvalue weighted by molar-refractivity contribution is 0.145. The minimum absolute atomic E-state index is 0.0895. The molecule has 0 saturated heterocycles. The number of anilines is 1. The lowest BCUT2D eigenvalue weighted by Crippen LogP contribution is -2.43. The van der Waals surface area contributed by atoms with Crippen LogP contribution in [0.5, 0.6) is 5.75 Å². The SMILES string of the molecule is CC(CS(C)(=O)=O)N(C(=O)OCc1ccccc1)c1ccc(OCc2ccccc2)c(C(C)(C)C)c1. The Labute approximate surface area is 214 Å². The molecule has 1 amide bonds. The molecule has 192 valence electrons. The molecule has 36 heavy (non-hydrogen) atoms. The molecule has 0 aliphatic rings. The Bertz CT molecular complexity index is 1250. The fraction of sp³-hybridized carbons (Fsp3) is 0.345. The van der Waals surface area contributed by atoms with E-state index in [2.05, 4.69) is 20.8 Å². The van der Waals surface area contributed by atoms with Crippen molar-refractivity contribution in [3.63, 3.8) is 0 Å². The zero-order valence-corrected chi connectivity index (χ0v) is 22.4. The number of hydrogen-bond donors (Lipinski definition) is 0. The van der Waals surface area contributed by atoms with E-state index in [0.717, 1.165) is 22.9 Å². The predicted molar refractivity (Wildman–Crippen MR) is 144 cm³/mol. The number of hydrogen-bond acceptors (Lipinski definition) is 5. The van der Waals surface area contributed by atoms with E-state index in [4.69, 9.17) is 9.47 Å². The van der Waals surface area contributed by atoms with E-state index in [1.54, 1.807) is 13.0 Å². The fourth-order valence-corrected chi connectivity index (χ4v) is 4.98. The highest BCUT2D eigenvalue weighted by atomic mass is 32.2. The van der Waals surface area contributed by atoms with E-state index in [1.807, 2.05) is 72.8 Å². The molecule has 1 atom stereocenters. The zero-order valence-electron chi connectivity index (χ0n) is 21.6. The van der Waals surface area contributed by atoms with Gasteiger partial charge in [0.2, 0.25) is 0 Å². The van der Waals surface area contributed by atoms with Crippen molar-refractivity contribution in [1.29, 1.82) is 0 Å². The molecular weight excluding hydrogens is 474 g/mol. The molecule has 1 unspecified atom stereocenters. The molecule has 0 spiro atoms. The highest BCUT2D eigenvalue weighted by molar-refractivity contribution is 7.90. The topological polar surface area (TPSA) is 72.9 Å². The first-order chi connectivity index (χ1) is 16.9. The third-order valence-corrected chi connectivity index (χ3v) is 6.76. The van der Waals surface area contributed by atoms with Gasteiger partial charge in [0.25, 0.3) is 0 Å². The van der Waals surface area contributed by atoms with Gasteiger partial charge in [0.05, 0.1) is 11.8 Å². The van der Waals surface area contributed by atoms with Gasteiger partial charge in [-0.25, -0.2) is 13.2 Å². The van der Waals surface area contributed by atoms with Gasteiger partial charge in [0.15, 0.2) is 0 Å². The molecule has 0 aliphatic carbocycles. The Hall–Kier alpha value is -3.32. The summed E-state index contributed by atoms with van der Waals surface area (Å²) in [5.74, 6) is 0.522. The summed E-state index contributed by atoms with van der Waals surface area (Å²) in [5, 5.41) is 0. The van der Waals surface area contributed by atoms with Crippen LogP contribution < -0.4 is 9.64 Å². The fourth-order valence-electron chi connectivity index (χ4n) is 3.96. The molecule has 6 nitrogen and oxygen atoms in total. The summed E-state index contributed by atoms with van der Waals surface area (Å²) in [6.45, 7) is 8.42. The monoisotopic (exact) mass is 509 g/mol. The van der Waals surface area contributed by atoms with Crippen molar-refractivity contribution in [3.8, 4) is 5.75 Å². The van der Waals surface area contributed by atoms with Crippen molar-refractivity contribution in [2.45, 2.75) is 52.4 Å². The van der Waals surface area contributed by atoms with E-state index in [1.165, 1.54) is 4.90 Å². The van der Waals surface area contributed by atoms with Gasteiger partial charge >= 0.3 is 6.09 Å². The van der Waals surface area contributed by atoms with Crippen LogP contribution in [0, 0.1) is 0 Å². The molecular formula is C29H35NO5S. The number of rotatable bonds is 9. The van der Waals surface area contributed by atoms with Crippen molar-refractivity contribution >= 4 is 21.6 Å². The first kappa shape index (κ1) is 27.3. The van der Waals surface area contributed by atoms with E-state index in [9.17, 15) is 13.2 Å². The van der Waals surface area contributed by atoms with Crippen LogP contribution in [-0.2, 0) is 33.2 Å². The first-order valence-corrected chi connectivity index (χ1v) is 14.0. The van der Waals surface area contributed by atoms with Crippen LogP contribution in [0.2, 0.25) is 0 Å². The smallest absolute Gasteiger partial charge is 0.414 e. The van der Waals surface area contributed by atoms with E-state index >= 15 is 0 Å². The van der Waals surface area contributed by atoms with Crippen LogP contribution in [0.25, 0.3) is 0 Å². The van der Waals surface area contributed by atoms with Crippen molar-refractivity contribution in [2.75, 3.05) is 16.9 Å². The van der Waals surface area contributed by atoms with Crippen LogP contribution in [-0.4, -0.2) is 32.6 Å². The minimum Gasteiger partial charge on any atom is -0.489 e. The number of carbonyl (C=O) groups is 1. The standard InChI is InChI=1S/C29H35NO5S/c1-22(21-36(5,32)33)30(28(31)35-20-24-14-10-7-11-15-24)25-16-17-27(26(18-25)29(2,3)4)34-19-23-12-8-6-9-13-23/h6-18,22H,19-21H2,1-5H3. The zero-order chi connectivity index (χ0) is 26.3. The Morgan fingerprint density at radius 1 is 0.889 bits per heavy atom. The largest absolute Gasteiger partial charge is 0.489 e. The molecule has 0 aliphatic heterocycles. The summed E-state index contributed by atoms with van der Waals surface area (Å²) in [4.78, 5) is 14.7. The molecule has 0 heterocycles. The number of sulfone groups is 1. The van der Waals surface area contributed by atoms with Crippen LogP contribution in [0.1, 0.15) is 44.4 Å². The summed E-state index contributed by atoms with van der Waals surface area (Å²) in [7, 11) is -3.34. The quantitative estimate of drug-likeness (QED) is 0.346. The summed E-state index contributed by atoms with van der Waals surface area (Å²) in [5.41, 5.74) is 3.07. The Morgan fingerprint density at radius 3 is 1.97 bits per heavy atom. The molecule has 0 saturated carbocycles. The van der Waals surface area contributed by atoms with Gasteiger partial charge in [0, 0.05) is 17.5 Å². The molecule has 0 radical (unpaired) electrons. The van der Waals surface area contributed by atoms with Crippen LogP contribution in [0.3, 0.4) is 0 Å². The molecule has 3 rings (SSSR count). The number of ether oxygens (including phenoxy) is 2. The summed E-state index contributed by atoms with van der Waals surface area (Å²) >= 11 is 0. The normalized spacial score (nSPS) is 12.6. The van der Waals surface area contributed by atoms with Gasteiger partial charge in [-0.1, -0.05) is 81.4 Å². The third-order valence-electron chi connectivity index (χ3n) is 5.67. The molecule has 3 aromatic carbocycles. The number of nitrogens with zero attached hydrogens (tertiary/aromatic N) is 1. The number of amides is 1. The Balaban J connectivity index is 1.93. The van der Waals surface area contributed by atoms with E-state index in [-0.39, 0.29) is 17.8 Å². The maximum absolute atomic E-state index is 13.3. The van der Waals surface area contributed by atoms with Crippen LogP contribution >= 0.6 is 0 Å². The first-order valence-electron chi connectivity index (χ1n) is 11.9. The van der Waals surface area contributed by atoms with Crippen LogP contribution in [0.15, 0.2) is 78.9 Å². The highest BCUT2D eigenvalue weighted by Crippen LogP contribution is 2.36. The predicted octanol–water partition coefficient (Wildman–Crippen LogP) is 6.14. The molecule has 3 aromatic rings. The Kier molecular flexibility index (Phi) is 8.79. The Morgan fingerprint density at radius 2 is 1.44 bits per heavy atom. The number of benzene rings is 3. The van der Waals surface area contributed by atoms with Gasteiger partial charge in [-0.3, -0.25) is 4.90 Å². The molecule has 0 fully saturated rings. The lowest BCUT2D eigenvalue weighted by Gasteiger charge is -2.31. The van der Waals surface area contributed by atoms with Gasteiger partial charge in [0.1, 0.15) is 28.8 Å². The summed E-state index contributed by atoms with van der Waals surface area (Å²) in [6, 6.07) is 24.1. The minimum atomic E-state index is -3.34. The van der Waals surface area contributed by atoms with Gasteiger partial charge in [-0.2, -0.15) is 0 Å². The average molecular weight is 510 g/mol. The van der Waals surface area contributed by atoms with Crippen molar-refractivity contribution in [3.05, 3.63) is 95.6 Å². The highest BCUT2D eigenvalue weighted by Gasteiger charge is 2.29. The molecule has 7 heteroatoms. The van der Waals surface area contributed by atoms with E-state index < -0.39 is 22.0 Å². The molecule has 0 bridgehead atoms. The molecule has 0 N–H and O–H groups in total. The van der Waals surface area contributed by atoms with Gasteiger partial charge in [-0.15, -0.1) is 0 Å². The lowest BCUT2D eigenvalue weighted by atomic mass is 9.86. The maximum atomic E-state index is 13.3. The van der Waals surface area contributed by atoms with Crippen LogP contribution in [0.4, 0.5) is 10.5 Å².